The normalized spacial score (nSPS) is 15.5. The van der Waals surface area contributed by atoms with Gasteiger partial charge in [0.05, 0.1) is 5.56 Å². The number of benzene rings is 1. The molecule has 3 amide bonds. The zero-order valence-corrected chi connectivity index (χ0v) is 13.4. The molecule has 0 atom stereocenters. The molecule has 0 aliphatic carbocycles. The maximum atomic E-state index is 12.5. The van der Waals surface area contributed by atoms with Crippen molar-refractivity contribution in [3.05, 3.63) is 35.4 Å². The summed E-state index contributed by atoms with van der Waals surface area (Å²) < 4.78 is 37.4. The van der Waals surface area contributed by atoms with Crippen LogP contribution in [0, 0.1) is 0 Å². The van der Waals surface area contributed by atoms with Gasteiger partial charge in [-0.3, -0.25) is 25.2 Å². The van der Waals surface area contributed by atoms with Gasteiger partial charge in [0.1, 0.15) is 6.54 Å². The van der Waals surface area contributed by atoms with Crippen LogP contribution in [0.25, 0.3) is 0 Å². The number of hydrogen-bond donors (Lipinski definition) is 2. The molecule has 136 valence electrons. The molecule has 9 heteroatoms. The molecule has 0 aromatic heterocycles. The number of amides is 3. The number of carbonyl (C=O) groups excluding carboxylic acids is 3. The number of carbonyl (C=O) groups is 3. The van der Waals surface area contributed by atoms with Gasteiger partial charge >= 0.3 is 6.18 Å². The summed E-state index contributed by atoms with van der Waals surface area (Å²) in [4.78, 5) is 36.9. The summed E-state index contributed by atoms with van der Waals surface area (Å²) in [5.41, 5.74) is 3.38. The smallest absolute Gasteiger partial charge is 0.333 e. The quantitative estimate of drug-likeness (QED) is 0.811. The maximum Gasteiger partial charge on any atom is 0.416 e. The predicted octanol–water partition coefficient (Wildman–Crippen LogP) is 1.87. The van der Waals surface area contributed by atoms with Crippen molar-refractivity contribution in [3.8, 4) is 0 Å². The SMILES string of the molecule is O=C(CN1CCCCCC1=O)NNC(=O)c1ccc(C(F)(F)F)cc1. The zero-order valence-electron chi connectivity index (χ0n) is 13.4. The first kappa shape index (κ1) is 18.8. The third kappa shape index (κ3) is 5.47. The highest BCUT2D eigenvalue weighted by atomic mass is 19.4. The Hall–Kier alpha value is -2.58. The summed E-state index contributed by atoms with van der Waals surface area (Å²) in [6.45, 7) is 0.311. The molecule has 0 spiro atoms. The van der Waals surface area contributed by atoms with Crippen molar-refractivity contribution in [1.82, 2.24) is 15.8 Å². The molecule has 0 radical (unpaired) electrons. The van der Waals surface area contributed by atoms with E-state index >= 15 is 0 Å². The molecule has 2 rings (SSSR count). The molecule has 1 fully saturated rings. The molecule has 25 heavy (non-hydrogen) atoms. The second-order valence-electron chi connectivity index (χ2n) is 5.70. The largest absolute Gasteiger partial charge is 0.416 e. The van der Waals surface area contributed by atoms with Gasteiger partial charge < -0.3 is 4.90 Å². The Bertz CT molecular complexity index is 644. The number of rotatable bonds is 3. The second kappa shape index (κ2) is 8.00. The molecule has 1 aromatic rings. The molecule has 0 saturated carbocycles. The highest BCUT2D eigenvalue weighted by Crippen LogP contribution is 2.29. The summed E-state index contributed by atoms with van der Waals surface area (Å²) in [7, 11) is 0. The van der Waals surface area contributed by atoms with Crippen molar-refractivity contribution in [3.63, 3.8) is 0 Å². The van der Waals surface area contributed by atoms with Crippen LogP contribution in [0.15, 0.2) is 24.3 Å². The molecule has 1 aliphatic rings. The Morgan fingerprint density at radius 2 is 1.72 bits per heavy atom. The molecular weight excluding hydrogens is 339 g/mol. The topological polar surface area (TPSA) is 78.5 Å². The minimum atomic E-state index is -4.48. The van der Waals surface area contributed by atoms with Gasteiger partial charge in [-0.1, -0.05) is 6.42 Å². The summed E-state index contributed by atoms with van der Waals surface area (Å²) >= 11 is 0. The average molecular weight is 357 g/mol. The number of hydrazine groups is 1. The Morgan fingerprint density at radius 1 is 1.04 bits per heavy atom. The molecule has 0 bridgehead atoms. The van der Waals surface area contributed by atoms with Crippen molar-refractivity contribution in [2.45, 2.75) is 31.9 Å². The third-order valence-electron chi connectivity index (χ3n) is 3.80. The first-order chi connectivity index (χ1) is 11.8. The molecule has 0 unspecified atom stereocenters. The lowest BCUT2D eigenvalue weighted by Crippen LogP contribution is -2.47. The van der Waals surface area contributed by atoms with E-state index in [9.17, 15) is 27.6 Å². The second-order valence-corrected chi connectivity index (χ2v) is 5.70. The van der Waals surface area contributed by atoms with E-state index in [-0.39, 0.29) is 18.0 Å². The monoisotopic (exact) mass is 357 g/mol. The Kier molecular flexibility index (Phi) is 6.00. The number of likely N-dealkylation sites (tertiary alicyclic amines) is 1. The van der Waals surface area contributed by atoms with Crippen LogP contribution in [0.2, 0.25) is 0 Å². The summed E-state index contributed by atoms with van der Waals surface area (Å²) in [6, 6.07) is 3.60. The number of alkyl halides is 3. The van der Waals surface area contributed by atoms with Gasteiger partial charge in [-0.15, -0.1) is 0 Å². The Balaban J connectivity index is 1.84. The van der Waals surface area contributed by atoms with Crippen LogP contribution in [0.4, 0.5) is 13.2 Å². The molecule has 1 saturated heterocycles. The van der Waals surface area contributed by atoms with Crippen LogP contribution in [-0.4, -0.2) is 35.7 Å². The fourth-order valence-electron chi connectivity index (χ4n) is 2.43. The van der Waals surface area contributed by atoms with Crippen molar-refractivity contribution >= 4 is 17.7 Å². The Labute approximate surface area is 142 Å². The molecular formula is C16H18F3N3O3. The standard InChI is InChI=1S/C16H18F3N3O3/c17-16(18,19)12-7-5-11(6-8-12)15(25)21-20-13(23)10-22-9-3-1-2-4-14(22)24/h5-8H,1-4,9-10H2,(H,20,23)(H,21,25). The minimum absolute atomic E-state index is 0.0286. The van der Waals surface area contributed by atoms with Crippen molar-refractivity contribution < 1.29 is 27.6 Å². The number of halogens is 3. The average Bonchev–Trinajstić information content (AvgIpc) is 2.77. The number of hydrogen-bond acceptors (Lipinski definition) is 3. The highest BCUT2D eigenvalue weighted by molar-refractivity contribution is 5.95. The fourth-order valence-corrected chi connectivity index (χ4v) is 2.43. The maximum absolute atomic E-state index is 12.5. The van der Waals surface area contributed by atoms with E-state index in [1.165, 1.54) is 4.90 Å². The highest BCUT2D eigenvalue weighted by Gasteiger charge is 2.30. The van der Waals surface area contributed by atoms with Gasteiger partial charge in [0, 0.05) is 18.5 Å². The lowest BCUT2D eigenvalue weighted by Gasteiger charge is -2.19. The van der Waals surface area contributed by atoms with E-state index in [0.717, 1.165) is 43.5 Å². The molecule has 1 aliphatic heterocycles. The van der Waals surface area contributed by atoms with E-state index in [1.807, 2.05) is 0 Å². The van der Waals surface area contributed by atoms with Gasteiger partial charge in [0.15, 0.2) is 0 Å². The van der Waals surface area contributed by atoms with E-state index in [2.05, 4.69) is 10.9 Å². The summed E-state index contributed by atoms with van der Waals surface area (Å²) in [6.07, 6.45) is -1.55. The first-order valence-corrected chi connectivity index (χ1v) is 7.81. The minimum Gasteiger partial charge on any atom is -0.333 e. The molecule has 1 aromatic carbocycles. The third-order valence-corrected chi connectivity index (χ3v) is 3.80. The van der Waals surface area contributed by atoms with Crippen molar-refractivity contribution in [2.24, 2.45) is 0 Å². The van der Waals surface area contributed by atoms with Gasteiger partial charge in [0.25, 0.3) is 11.8 Å². The molecule has 2 N–H and O–H groups in total. The van der Waals surface area contributed by atoms with E-state index < -0.39 is 23.6 Å². The van der Waals surface area contributed by atoms with Crippen molar-refractivity contribution in [2.75, 3.05) is 13.1 Å². The Morgan fingerprint density at radius 3 is 2.36 bits per heavy atom. The van der Waals surface area contributed by atoms with Crippen LogP contribution in [-0.2, 0) is 15.8 Å². The lowest BCUT2D eigenvalue weighted by molar-refractivity contribution is -0.137. The predicted molar refractivity (Wildman–Crippen MR) is 82.1 cm³/mol. The van der Waals surface area contributed by atoms with E-state index in [1.54, 1.807) is 0 Å². The molecule has 1 heterocycles. The van der Waals surface area contributed by atoms with E-state index in [0.29, 0.717) is 13.0 Å². The van der Waals surface area contributed by atoms with Gasteiger partial charge in [0.2, 0.25) is 5.91 Å². The van der Waals surface area contributed by atoms with Crippen LogP contribution >= 0.6 is 0 Å². The summed E-state index contributed by atoms with van der Waals surface area (Å²) in [5.74, 6) is -1.43. The van der Waals surface area contributed by atoms with E-state index in [4.69, 9.17) is 0 Å². The summed E-state index contributed by atoms with van der Waals surface area (Å²) in [5, 5.41) is 0. The number of nitrogens with one attached hydrogen (secondary N) is 2. The van der Waals surface area contributed by atoms with Crippen molar-refractivity contribution in [1.29, 1.82) is 0 Å². The fraction of sp³-hybridized carbons (Fsp3) is 0.438. The number of nitrogens with zero attached hydrogens (tertiary/aromatic N) is 1. The van der Waals surface area contributed by atoms with Crippen LogP contribution in [0.5, 0.6) is 0 Å². The van der Waals surface area contributed by atoms with Gasteiger partial charge in [-0.25, -0.2) is 0 Å². The van der Waals surface area contributed by atoms with Gasteiger partial charge in [-0.05, 0) is 37.1 Å². The van der Waals surface area contributed by atoms with Crippen LogP contribution in [0.1, 0.15) is 41.6 Å². The van der Waals surface area contributed by atoms with Crippen LogP contribution in [0.3, 0.4) is 0 Å². The zero-order chi connectivity index (χ0) is 18.4. The lowest BCUT2D eigenvalue weighted by atomic mass is 10.1. The van der Waals surface area contributed by atoms with Gasteiger partial charge in [-0.2, -0.15) is 13.2 Å². The van der Waals surface area contributed by atoms with Crippen LogP contribution < -0.4 is 10.9 Å². The first-order valence-electron chi connectivity index (χ1n) is 7.81. The molecule has 6 nitrogen and oxygen atoms in total.